The summed E-state index contributed by atoms with van der Waals surface area (Å²) in [6, 6.07) is 0. The van der Waals surface area contributed by atoms with Crippen LogP contribution in [0.1, 0.15) is 6.92 Å². The Bertz CT molecular complexity index is 404. The zero-order valence-electron chi connectivity index (χ0n) is 8.13. The van der Waals surface area contributed by atoms with E-state index in [1.54, 1.807) is 0 Å². The average Bonchev–Trinajstić information content (AvgIpc) is 2.18. The van der Waals surface area contributed by atoms with Crippen LogP contribution in [0.25, 0.3) is 0 Å². The Labute approximate surface area is 91.1 Å². The maximum absolute atomic E-state index is 11.0. The van der Waals surface area contributed by atoms with Crippen LogP contribution in [-0.2, 0) is 4.79 Å². The van der Waals surface area contributed by atoms with Crippen LogP contribution in [0.5, 0.6) is 0 Å². The molecule has 7 heteroatoms. The lowest BCUT2D eigenvalue weighted by Crippen LogP contribution is -2.27. The highest BCUT2D eigenvalue weighted by Crippen LogP contribution is 2.10. The Morgan fingerprint density at radius 3 is 3.00 bits per heavy atom. The highest BCUT2D eigenvalue weighted by atomic mass is 35.5. The van der Waals surface area contributed by atoms with E-state index in [0.717, 1.165) is 0 Å². The molecule has 1 aromatic heterocycles. The summed E-state index contributed by atoms with van der Waals surface area (Å²) in [5.74, 6) is 0.201. The fourth-order valence-electron chi connectivity index (χ4n) is 0.926. The van der Waals surface area contributed by atoms with Gasteiger partial charge in [-0.05, 0) is 0 Å². The van der Waals surface area contributed by atoms with Crippen LogP contribution in [0, 0.1) is 0 Å². The second kappa shape index (κ2) is 5.35. The third kappa shape index (κ3) is 3.59. The van der Waals surface area contributed by atoms with Crippen LogP contribution >= 0.6 is 11.6 Å². The topological polar surface area (TPSA) is 86.9 Å². The van der Waals surface area contributed by atoms with Crippen molar-refractivity contribution in [1.82, 2.24) is 15.3 Å². The van der Waals surface area contributed by atoms with E-state index < -0.39 is 5.56 Å². The van der Waals surface area contributed by atoms with E-state index in [0.29, 0.717) is 18.9 Å². The molecule has 1 amide bonds. The van der Waals surface area contributed by atoms with Crippen molar-refractivity contribution in [2.45, 2.75) is 6.92 Å². The van der Waals surface area contributed by atoms with Gasteiger partial charge in [-0.3, -0.25) is 9.59 Å². The number of hydrogen-bond acceptors (Lipinski definition) is 4. The molecule has 1 rings (SSSR count). The summed E-state index contributed by atoms with van der Waals surface area (Å²) in [5.41, 5.74) is -0.395. The van der Waals surface area contributed by atoms with E-state index >= 15 is 0 Å². The summed E-state index contributed by atoms with van der Waals surface area (Å²) < 4.78 is 0. The monoisotopic (exact) mass is 230 g/mol. The normalized spacial score (nSPS) is 9.73. The molecule has 0 aromatic carbocycles. The van der Waals surface area contributed by atoms with Crippen molar-refractivity contribution in [2.75, 3.05) is 18.4 Å². The number of nitrogens with one attached hydrogen (secondary N) is 3. The molecule has 3 N–H and O–H groups in total. The van der Waals surface area contributed by atoms with Crippen LogP contribution < -0.4 is 16.2 Å². The largest absolute Gasteiger partial charge is 0.367 e. The predicted octanol–water partition coefficient (Wildman–Crippen LogP) is -0.0287. The second-order valence-electron chi connectivity index (χ2n) is 2.80. The fourth-order valence-corrected chi connectivity index (χ4v) is 1.10. The number of aromatic nitrogens is 2. The lowest BCUT2D eigenvalue weighted by Gasteiger charge is -2.06. The lowest BCUT2D eigenvalue weighted by atomic mass is 10.5. The van der Waals surface area contributed by atoms with Crippen molar-refractivity contribution in [3.63, 3.8) is 0 Å². The first-order valence-corrected chi connectivity index (χ1v) is 4.70. The molecule has 15 heavy (non-hydrogen) atoms. The van der Waals surface area contributed by atoms with Gasteiger partial charge >= 0.3 is 0 Å². The summed E-state index contributed by atoms with van der Waals surface area (Å²) in [6.07, 6.45) is 1.26. The molecule has 0 saturated heterocycles. The van der Waals surface area contributed by atoms with E-state index in [9.17, 15) is 9.59 Å². The molecular formula is C8H11ClN4O2. The zero-order chi connectivity index (χ0) is 11.3. The first-order valence-electron chi connectivity index (χ1n) is 4.32. The SMILES string of the molecule is CC(=O)NCCNc1nc[nH]c(=O)c1Cl. The molecule has 0 atom stereocenters. The van der Waals surface area contributed by atoms with Crippen molar-refractivity contribution in [2.24, 2.45) is 0 Å². The number of aromatic amines is 1. The molecule has 1 aromatic rings. The third-order valence-electron chi connectivity index (χ3n) is 1.59. The molecule has 0 aliphatic heterocycles. The number of H-pyrrole nitrogens is 1. The minimum absolute atomic E-state index is 0.0142. The Balaban J connectivity index is 2.48. The predicted molar refractivity (Wildman–Crippen MR) is 57.0 cm³/mol. The van der Waals surface area contributed by atoms with Crippen LogP contribution in [-0.4, -0.2) is 29.0 Å². The quantitative estimate of drug-likeness (QED) is 0.634. The van der Waals surface area contributed by atoms with Gasteiger partial charge in [0.1, 0.15) is 5.02 Å². The number of rotatable bonds is 4. The average molecular weight is 231 g/mol. The van der Waals surface area contributed by atoms with Crippen LogP contribution in [0.3, 0.4) is 0 Å². The van der Waals surface area contributed by atoms with Gasteiger partial charge in [0.25, 0.3) is 5.56 Å². The van der Waals surface area contributed by atoms with Crippen molar-refractivity contribution in [3.05, 3.63) is 21.7 Å². The van der Waals surface area contributed by atoms with Gasteiger partial charge in [-0.1, -0.05) is 11.6 Å². The number of anilines is 1. The van der Waals surface area contributed by atoms with Crippen LogP contribution in [0.4, 0.5) is 5.82 Å². The minimum Gasteiger partial charge on any atom is -0.367 e. The van der Waals surface area contributed by atoms with Crippen molar-refractivity contribution in [1.29, 1.82) is 0 Å². The van der Waals surface area contributed by atoms with Gasteiger partial charge in [-0.25, -0.2) is 4.98 Å². The molecule has 0 spiro atoms. The van der Waals surface area contributed by atoms with Crippen molar-refractivity contribution >= 4 is 23.3 Å². The molecule has 6 nitrogen and oxygen atoms in total. The molecular weight excluding hydrogens is 220 g/mol. The minimum atomic E-state index is -0.395. The maximum atomic E-state index is 11.0. The van der Waals surface area contributed by atoms with Crippen molar-refractivity contribution in [3.8, 4) is 0 Å². The van der Waals surface area contributed by atoms with Gasteiger partial charge in [0.2, 0.25) is 5.91 Å². The fraction of sp³-hybridized carbons (Fsp3) is 0.375. The van der Waals surface area contributed by atoms with Gasteiger partial charge in [-0.15, -0.1) is 0 Å². The summed E-state index contributed by atoms with van der Waals surface area (Å²) in [4.78, 5) is 27.8. The number of amides is 1. The number of nitrogens with zero attached hydrogens (tertiary/aromatic N) is 1. The molecule has 0 radical (unpaired) electrons. The van der Waals surface area contributed by atoms with Gasteiger partial charge in [0.05, 0.1) is 6.33 Å². The molecule has 0 aliphatic carbocycles. The highest BCUT2D eigenvalue weighted by molar-refractivity contribution is 6.32. The van der Waals surface area contributed by atoms with E-state index in [-0.39, 0.29) is 10.9 Å². The van der Waals surface area contributed by atoms with E-state index in [1.165, 1.54) is 13.3 Å². The van der Waals surface area contributed by atoms with E-state index in [4.69, 9.17) is 11.6 Å². The Hall–Kier alpha value is -1.56. The van der Waals surface area contributed by atoms with E-state index in [1.807, 2.05) is 0 Å². The first kappa shape index (κ1) is 11.5. The lowest BCUT2D eigenvalue weighted by molar-refractivity contribution is -0.118. The molecule has 0 saturated carbocycles. The van der Waals surface area contributed by atoms with Gasteiger partial charge in [0.15, 0.2) is 5.82 Å². The van der Waals surface area contributed by atoms with Gasteiger partial charge in [-0.2, -0.15) is 0 Å². The Morgan fingerprint density at radius 1 is 1.60 bits per heavy atom. The molecule has 1 heterocycles. The smallest absolute Gasteiger partial charge is 0.271 e. The van der Waals surface area contributed by atoms with E-state index in [2.05, 4.69) is 20.6 Å². The highest BCUT2D eigenvalue weighted by Gasteiger charge is 2.03. The van der Waals surface area contributed by atoms with Gasteiger partial charge in [0, 0.05) is 20.0 Å². The summed E-state index contributed by atoms with van der Waals surface area (Å²) in [6.45, 7) is 2.33. The molecule has 0 bridgehead atoms. The number of carbonyl (C=O) groups is 1. The number of halogens is 1. The summed E-state index contributed by atoms with van der Waals surface area (Å²) in [7, 11) is 0. The van der Waals surface area contributed by atoms with Crippen LogP contribution in [0.15, 0.2) is 11.1 Å². The molecule has 0 unspecified atom stereocenters. The standard InChI is InChI=1S/C8H11ClN4O2/c1-5(14)10-2-3-11-7-6(9)8(15)13-4-12-7/h4H,2-3H2,1H3,(H,10,14)(H2,11,12,13,15). The Kier molecular flexibility index (Phi) is 4.11. The maximum Gasteiger partial charge on any atom is 0.271 e. The van der Waals surface area contributed by atoms with Crippen molar-refractivity contribution < 1.29 is 4.79 Å². The zero-order valence-corrected chi connectivity index (χ0v) is 8.89. The third-order valence-corrected chi connectivity index (χ3v) is 1.94. The Morgan fingerprint density at radius 2 is 2.33 bits per heavy atom. The number of hydrogen-bond donors (Lipinski definition) is 3. The molecule has 0 aliphatic rings. The van der Waals surface area contributed by atoms with Gasteiger partial charge < -0.3 is 15.6 Å². The number of carbonyl (C=O) groups excluding carboxylic acids is 1. The van der Waals surface area contributed by atoms with Crippen LogP contribution in [0.2, 0.25) is 5.02 Å². The molecule has 82 valence electrons. The molecule has 0 fully saturated rings. The summed E-state index contributed by atoms with van der Waals surface area (Å²) in [5, 5.41) is 5.44. The summed E-state index contributed by atoms with van der Waals surface area (Å²) >= 11 is 5.68. The second-order valence-corrected chi connectivity index (χ2v) is 3.18. The first-order chi connectivity index (χ1) is 7.11.